The van der Waals surface area contributed by atoms with Gasteiger partial charge in [0.1, 0.15) is 0 Å². The lowest BCUT2D eigenvalue weighted by molar-refractivity contribution is 0.0600. The van der Waals surface area contributed by atoms with E-state index in [2.05, 4.69) is 16.3 Å². The predicted octanol–water partition coefficient (Wildman–Crippen LogP) is 2.07. The number of esters is 1. The van der Waals surface area contributed by atoms with E-state index >= 15 is 0 Å². The van der Waals surface area contributed by atoms with E-state index in [9.17, 15) is 4.79 Å². The molecule has 0 aromatic carbocycles. The first-order valence-electron chi connectivity index (χ1n) is 4.10. The lowest BCUT2D eigenvalue weighted by Crippen LogP contribution is -2.01. The van der Waals surface area contributed by atoms with Crippen LogP contribution in [0.2, 0.25) is 0 Å². The van der Waals surface area contributed by atoms with Crippen LogP contribution in [0.5, 0.6) is 0 Å². The van der Waals surface area contributed by atoms with Gasteiger partial charge < -0.3 is 4.74 Å². The Balaban J connectivity index is 2.94. The standard InChI is InChI=1S/C11H11NO2/c1-3-4-5-9-6-10(8-12-7-9)11(13)14-2/h3-8H,1H2,2H3. The van der Waals surface area contributed by atoms with Crippen LogP contribution < -0.4 is 0 Å². The molecule has 0 aliphatic heterocycles. The fourth-order valence-electron chi connectivity index (χ4n) is 0.958. The molecule has 1 heterocycles. The van der Waals surface area contributed by atoms with Gasteiger partial charge in [-0.25, -0.2) is 4.79 Å². The fraction of sp³-hybridized carbons (Fsp3) is 0.0909. The summed E-state index contributed by atoms with van der Waals surface area (Å²) in [5.74, 6) is -0.383. The van der Waals surface area contributed by atoms with Crippen LogP contribution in [0.4, 0.5) is 0 Å². The number of nitrogens with zero attached hydrogens (tertiary/aromatic N) is 1. The van der Waals surface area contributed by atoms with Crippen molar-refractivity contribution < 1.29 is 9.53 Å². The van der Waals surface area contributed by atoms with Gasteiger partial charge in [0.25, 0.3) is 0 Å². The Morgan fingerprint density at radius 3 is 3.00 bits per heavy atom. The van der Waals surface area contributed by atoms with E-state index in [1.807, 2.05) is 6.08 Å². The van der Waals surface area contributed by atoms with Gasteiger partial charge in [0, 0.05) is 12.4 Å². The molecule has 0 atom stereocenters. The largest absolute Gasteiger partial charge is 0.465 e. The minimum atomic E-state index is -0.383. The highest BCUT2D eigenvalue weighted by atomic mass is 16.5. The van der Waals surface area contributed by atoms with Gasteiger partial charge in [-0.05, 0) is 11.6 Å². The molecule has 0 N–H and O–H groups in total. The van der Waals surface area contributed by atoms with Gasteiger partial charge in [-0.1, -0.05) is 24.8 Å². The van der Waals surface area contributed by atoms with Crippen LogP contribution in [-0.2, 0) is 4.74 Å². The third-order valence-corrected chi connectivity index (χ3v) is 1.61. The summed E-state index contributed by atoms with van der Waals surface area (Å²) in [6, 6.07) is 1.71. The van der Waals surface area contributed by atoms with Gasteiger partial charge in [0.2, 0.25) is 0 Å². The van der Waals surface area contributed by atoms with Gasteiger partial charge in [0.05, 0.1) is 12.7 Å². The summed E-state index contributed by atoms with van der Waals surface area (Å²) in [4.78, 5) is 15.1. The summed E-state index contributed by atoms with van der Waals surface area (Å²) in [5, 5.41) is 0. The van der Waals surface area contributed by atoms with E-state index in [-0.39, 0.29) is 5.97 Å². The van der Waals surface area contributed by atoms with Crippen molar-refractivity contribution in [2.75, 3.05) is 7.11 Å². The maximum atomic E-state index is 11.1. The van der Waals surface area contributed by atoms with E-state index in [0.29, 0.717) is 5.56 Å². The molecule has 0 radical (unpaired) electrons. The van der Waals surface area contributed by atoms with Crippen molar-refractivity contribution in [3.05, 3.63) is 48.3 Å². The monoisotopic (exact) mass is 189 g/mol. The topological polar surface area (TPSA) is 39.2 Å². The van der Waals surface area contributed by atoms with Crippen molar-refractivity contribution in [2.45, 2.75) is 0 Å². The van der Waals surface area contributed by atoms with Gasteiger partial charge >= 0.3 is 5.97 Å². The maximum absolute atomic E-state index is 11.1. The van der Waals surface area contributed by atoms with Crippen molar-refractivity contribution in [2.24, 2.45) is 0 Å². The van der Waals surface area contributed by atoms with Crippen molar-refractivity contribution in [3.8, 4) is 0 Å². The summed E-state index contributed by atoms with van der Waals surface area (Å²) in [6.07, 6.45) is 8.37. The molecule has 0 unspecified atom stereocenters. The fourth-order valence-corrected chi connectivity index (χ4v) is 0.958. The second-order valence-electron chi connectivity index (χ2n) is 2.59. The molecule has 0 fully saturated rings. The number of rotatable bonds is 3. The van der Waals surface area contributed by atoms with Gasteiger partial charge in [0.15, 0.2) is 0 Å². The van der Waals surface area contributed by atoms with E-state index in [4.69, 9.17) is 0 Å². The Labute approximate surface area is 82.7 Å². The summed E-state index contributed by atoms with van der Waals surface area (Å²) >= 11 is 0. The van der Waals surface area contributed by atoms with Crippen LogP contribution in [0.15, 0.2) is 37.2 Å². The second kappa shape index (κ2) is 4.97. The highest BCUT2D eigenvalue weighted by molar-refractivity contribution is 5.89. The van der Waals surface area contributed by atoms with Crippen LogP contribution >= 0.6 is 0 Å². The Hall–Kier alpha value is -1.90. The number of hydrogen-bond donors (Lipinski definition) is 0. The van der Waals surface area contributed by atoms with E-state index in [0.717, 1.165) is 5.56 Å². The minimum Gasteiger partial charge on any atom is -0.465 e. The zero-order valence-electron chi connectivity index (χ0n) is 7.93. The first kappa shape index (κ1) is 10.2. The highest BCUT2D eigenvalue weighted by Crippen LogP contribution is 2.05. The summed E-state index contributed by atoms with van der Waals surface area (Å²) in [6.45, 7) is 3.55. The van der Waals surface area contributed by atoms with Gasteiger partial charge in [-0.15, -0.1) is 0 Å². The molecule has 0 aliphatic carbocycles. The Kier molecular flexibility index (Phi) is 3.61. The quantitative estimate of drug-likeness (QED) is 0.539. The van der Waals surface area contributed by atoms with Crippen LogP contribution in [0.3, 0.4) is 0 Å². The van der Waals surface area contributed by atoms with E-state index in [1.54, 1.807) is 24.4 Å². The minimum absolute atomic E-state index is 0.383. The molecule has 72 valence electrons. The smallest absolute Gasteiger partial charge is 0.339 e. The molecule has 3 nitrogen and oxygen atoms in total. The first-order valence-corrected chi connectivity index (χ1v) is 4.10. The molecule has 0 aliphatic rings. The molecule has 3 heteroatoms. The molecule has 14 heavy (non-hydrogen) atoms. The molecule has 0 saturated heterocycles. The maximum Gasteiger partial charge on any atom is 0.339 e. The molecular formula is C11H11NO2. The number of ether oxygens (including phenoxy) is 1. The lowest BCUT2D eigenvalue weighted by atomic mass is 10.2. The second-order valence-corrected chi connectivity index (χ2v) is 2.59. The summed E-state index contributed by atoms with van der Waals surface area (Å²) in [7, 11) is 1.34. The first-order chi connectivity index (χ1) is 6.77. The number of methoxy groups -OCH3 is 1. The summed E-state index contributed by atoms with van der Waals surface area (Å²) in [5.41, 5.74) is 1.28. The molecule has 1 aromatic rings. The molecule has 0 spiro atoms. The van der Waals surface area contributed by atoms with Gasteiger partial charge in [-0.2, -0.15) is 0 Å². The number of carbonyl (C=O) groups excluding carboxylic acids is 1. The number of pyridine rings is 1. The van der Waals surface area contributed by atoms with Crippen molar-refractivity contribution in [1.29, 1.82) is 0 Å². The predicted molar refractivity (Wildman–Crippen MR) is 54.8 cm³/mol. The molecule has 0 amide bonds. The van der Waals surface area contributed by atoms with Crippen LogP contribution in [0.25, 0.3) is 6.08 Å². The number of aromatic nitrogens is 1. The number of hydrogen-bond acceptors (Lipinski definition) is 3. The third-order valence-electron chi connectivity index (χ3n) is 1.61. The van der Waals surface area contributed by atoms with Gasteiger partial charge in [-0.3, -0.25) is 4.98 Å². The van der Waals surface area contributed by atoms with E-state index < -0.39 is 0 Å². The van der Waals surface area contributed by atoms with Crippen LogP contribution in [0.1, 0.15) is 15.9 Å². The molecule has 0 saturated carbocycles. The Morgan fingerprint density at radius 2 is 2.36 bits per heavy atom. The summed E-state index contributed by atoms with van der Waals surface area (Å²) < 4.78 is 4.57. The average molecular weight is 189 g/mol. The Morgan fingerprint density at radius 1 is 1.57 bits per heavy atom. The molecule has 1 rings (SSSR count). The molecule has 0 bridgehead atoms. The van der Waals surface area contributed by atoms with E-state index in [1.165, 1.54) is 13.3 Å². The highest BCUT2D eigenvalue weighted by Gasteiger charge is 2.04. The third kappa shape index (κ3) is 2.55. The normalized spacial score (nSPS) is 10.1. The van der Waals surface area contributed by atoms with Crippen molar-refractivity contribution in [3.63, 3.8) is 0 Å². The van der Waals surface area contributed by atoms with Crippen LogP contribution in [0, 0.1) is 0 Å². The van der Waals surface area contributed by atoms with Crippen molar-refractivity contribution in [1.82, 2.24) is 4.98 Å². The zero-order chi connectivity index (χ0) is 10.4. The average Bonchev–Trinajstić information content (AvgIpc) is 2.25. The Bertz CT molecular complexity index is 369. The number of allylic oxidation sites excluding steroid dienone is 2. The number of carbonyl (C=O) groups is 1. The molecule has 1 aromatic heterocycles. The zero-order valence-corrected chi connectivity index (χ0v) is 7.93. The van der Waals surface area contributed by atoms with Crippen molar-refractivity contribution >= 4 is 12.0 Å². The SMILES string of the molecule is C=CC=Cc1cncc(C(=O)OC)c1. The lowest BCUT2D eigenvalue weighted by Gasteiger charge is -1.98. The molecular weight excluding hydrogens is 178 g/mol. The van der Waals surface area contributed by atoms with Crippen LogP contribution in [-0.4, -0.2) is 18.1 Å².